The molecule has 1 aliphatic heterocycles. The van der Waals surface area contributed by atoms with Gasteiger partial charge in [-0.2, -0.15) is 0 Å². The number of urea groups is 1. The molecular weight excluding hydrogens is 326 g/mol. The van der Waals surface area contributed by atoms with Crippen molar-refractivity contribution in [1.82, 2.24) is 20.2 Å². The van der Waals surface area contributed by atoms with Crippen LogP contribution in [-0.2, 0) is 0 Å². The highest BCUT2D eigenvalue weighted by atomic mass is 16.2. The minimum atomic E-state index is 0.103. The molecule has 26 heavy (non-hydrogen) atoms. The number of nitrogens with one attached hydrogen (secondary N) is 1. The molecule has 1 aliphatic carbocycles. The molecule has 3 rings (SSSR count). The number of hydrogen-bond acceptors (Lipinski definition) is 4. The van der Waals surface area contributed by atoms with Gasteiger partial charge in [0.1, 0.15) is 11.6 Å². The van der Waals surface area contributed by atoms with Gasteiger partial charge in [0.25, 0.3) is 0 Å². The third-order valence-electron chi connectivity index (χ3n) is 5.61. The zero-order chi connectivity index (χ0) is 18.7. The van der Waals surface area contributed by atoms with E-state index in [4.69, 9.17) is 4.98 Å². The molecular formula is C20H33N5O. The number of nitrogens with zero attached hydrogens (tertiary/aromatic N) is 4. The minimum Gasteiger partial charge on any atom is -0.353 e. The number of rotatable bonds is 3. The molecule has 2 amide bonds. The monoisotopic (exact) mass is 359 g/mol. The minimum absolute atomic E-state index is 0.103. The molecule has 2 heterocycles. The van der Waals surface area contributed by atoms with Gasteiger partial charge in [-0.1, -0.05) is 20.8 Å². The number of hydrogen-bond donors (Lipinski definition) is 1. The lowest BCUT2D eigenvalue weighted by atomic mass is 9.87. The third-order valence-corrected chi connectivity index (χ3v) is 5.61. The van der Waals surface area contributed by atoms with Crippen molar-refractivity contribution in [1.29, 1.82) is 0 Å². The van der Waals surface area contributed by atoms with E-state index in [0.717, 1.165) is 62.3 Å². The average molecular weight is 360 g/mol. The maximum absolute atomic E-state index is 12.6. The summed E-state index contributed by atoms with van der Waals surface area (Å²) in [7, 11) is 0. The Morgan fingerprint density at radius 1 is 1.12 bits per heavy atom. The molecule has 1 aromatic heterocycles. The summed E-state index contributed by atoms with van der Waals surface area (Å²) in [5.74, 6) is 3.01. The molecule has 6 nitrogen and oxygen atoms in total. The van der Waals surface area contributed by atoms with Gasteiger partial charge in [0.15, 0.2) is 0 Å². The fourth-order valence-electron chi connectivity index (χ4n) is 3.80. The lowest BCUT2D eigenvalue weighted by Gasteiger charge is -2.37. The topological polar surface area (TPSA) is 61.4 Å². The van der Waals surface area contributed by atoms with Gasteiger partial charge in [-0.15, -0.1) is 0 Å². The number of carbonyl (C=O) groups is 1. The van der Waals surface area contributed by atoms with Crippen molar-refractivity contribution in [2.24, 2.45) is 5.92 Å². The van der Waals surface area contributed by atoms with Crippen molar-refractivity contribution in [2.75, 3.05) is 31.1 Å². The van der Waals surface area contributed by atoms with E-state index in [1.165, 1.54) is 12.8 Å². The number of aryl methyl sites for hydroxylation is 1. The molecule has 0 radical (unpaired) electrons. The maximum Gasteiger partial charge on any atom is 0.317 e. The molecule has 0 aromatic carbocycles. The van der Waals surface area contributed by atoms with Crippen LogP contribution in [0, 0.1) is 12.8 Å². The molecule has 1 saturated carbocycles. The van der Waals surface area contributed by atoms with Gasteiger partial charge in [-0.3, -0.25) is 0 Å². The van der Waals surface area contributed by atoms with Gasteiger partial charge in [0, 0.05) is 49.9 Å². The summed E-state index contributed by atoms with van der Waals surface area (Å²) >= 11 is 0. The summed E-state index contributed by atoms with van der Waals surface area (Å²) < 4.78 is 0. The highest BCUT2D eigenvalue weighted by Crippen LogP contribution is 2.24. The summed E-state index contributed by atoms with van der Waals surface area (Å²) in [6, 6.07) is 2.51. The smallest absolute Gasteiger partial charge is 0.317 e. The van der Waals surface area contributed by atoms with Crippen LogP contribution in [0.4, 0.5) is 10.6 Å². The summed E-state index contributed by atoms with van der Waals surface area (Å²) in [6.07, 6.45) is 4.68. The first-order valence-electron chi connectivity index (χ1n) is 10.1. The molecule has 0 atom stereocenters. The Bertz CT molecular complexity index is 617. The van der Waals surface area contributed by atoms with E-state index in [9.17, 15) is 4.79 Å². The van der Waals surface area contributed by atoms with Crippen LogP contribution in [-0.4, -0.2) is 53.1 Å². The van der Waals surface area contributed by atoms with E-state index < -0.39 is 0 Å². The summed E-state index contributed by atoms with van der Waals surface area (Å²) in [5.41, 5.74) is 1.00. The second-order valence-corrected chi connectivity index (χ2v) is 8.26. The number of aromatic nitrogens is 2. The van der Waals surface area contributed by atoms with Crippen LogP contribution in [0.5, 0.6) is 0 Å². The maximum atomic E-state index is 12.6. The van der Waals surface area contributed by atoms with Crippen molar-refractivity contribution in [3.05, 3.63) is 17.6 Å². The Kier molecular flexibility index (Phi) is 5.99. The normalized spacial score (nSPS) is 24.0. The van der Waals surface area contributed by atoms with Crippen molar-refractivity contribution in [3.8, 4) is 0 Å². The fraction of sp³-hybridized carbons (Fsp3) is 0.750. The molecule has 0 bridgehead atoms. The molecule has 1 N–H and O–H groups in total. The van der Waals surface area contributed by atoms with Crippen LogP contribution in [0.15, 0.2) is 6.07 Å². The van der Waals surface area contributed by atoms with Gasteiger partial charge >= 0.3 is 6.03 Å². The Morgan fingerprint density at radius 3 is 2.38 bits per heavy atom. The van der Waals surface area contributed by atoms with Crippen LogP contribution >= 0.6 is 0 Å². The summed E-state index contributed by atoms with van der Waals surface area (Å²) in [6.45, 7) is 11.7. The standard InChI is InChI=1S/C20H33N5O/c1-14(2)19-21-16(4)13-18(23-19)24-9-11-25(12-10-24)20(26)22-17-7-5-15(3)6-8-17/h13-15,17H,5-12H2,1-4H3,(H,22,26). The van der Waals surface area contributed by atoms with E-state index in [1.807, 2.05) is 17.9 Å². The van der Waals surface area contributed by atoms with E-state index in [0.29, 0.717) is 12.0 Å². The van der Waals surface area contributed by atoms with E-state index >= 15 is 0 Å². The van der Waals surface area contributed by atoms with Gasteiger partial charge in [0.05, 0.1) is 0 Å². The van der Waals surface area contributed by atoms with Crippen LogP contribution in [0.1, 0.15) is 63.9 Å². The van der Waals surface area contributed by atoms with Crippen LogP contribution < -0.4 is 10.2 Å². The molecule has 1 aromatic rings. The molecule has 144 valence electrons. The quantitative estimate of drug-likeness (QED) is 0.899. The summed E-state index contributed by atoms with van der Waals surface area (Å²) in [4.78, 5) is 26.0. The Morgan fingerprint density at radius 2 is 1.77 bits per heavy atom. The predicted octanol–water partition coefficient (Wildman–Crippen LogP) is 3.32. The molecule has 1 saturated heterocycles. The molecule has 2 aliphatic rings. The molecule has 0 spiro atoms. The zero-order valence-corrected chi connectivity index (χ0v) is 16.7. The number of amides is 2. The first-order valence-corrected chi connectivity index (χ1v) is 10.1. The highest BCUT2D eigenvalue weighted by Gasteiger charge is 2.26. The number of piperazine rings is 1. The molecule has 0 unspecified atom stereocenters. The van der Waals surface area contributed by atoms with Gasteiger partial charge < -0.3 is 15.1 Å². The van der Waals surface area contributed by atoms with Crippen molar-refractivity contribution < 1.29 is 4.79 Å². The van der Waals surface area contributed by atoms with Crippen molar-refractivity contribution in [2.45, 2.75) is 65.3 Å². The van der Waals surface area contributed by atoms with Gasteiger partial charge in [0.2, 0.25) is 0 Å². The molecule has 6 heteroatoms. The van der Waals surface area contributed by atoms with E-state index in [1.54, 1.807) is 0 Å². The first kappa shape index (κ1) is 18.9. The highest BCUT2D eigenvalue weighted by molar-refractivity contribution is 5.75. The summed E-state index contributed by atoms with van der Waals surface area (Å²) in [5, 5.41) is 3.24. The van der Waals surface area contributed by atoms with Crippen molar-refractivity contribution >= 4 is 11.8 Å². The second kappa shape index (κ2) is 8.23. The predicted molar refractivity (Wildman–Crippen MR) is 105 cm³/mol. The van der Waals surface area contributed by atoms with Gasteiger partial charge in [-0.25, -0.2) is 14.8 Å². The lowest BCUT2D eigenvalue weighted by molar-refractivity contribution is 0.184. The Labute approximate surface area is 157 Å². The van der Waals surface area contributed by atoms with Crippen molar-refractivity contribution in [3.63, 3.8) is 0 Å². The molecule has 2 fully saturated rings. The number of anilines is 1. The van der Waals surface area contributed by atoms with Crippen LogP contribution in [0.2, 0.25) is 0 Å². The fourth-order valence-corrected chi connectivity index (χ4v) is 3.80. The van der Waals surface area contributed by atoms with Gasteiger partial charge in [-0.05, 0) is 38.5 Å². The first-order chi connectivity index (χ1) is 12.4. The third kappa shape index (κ3) is 4.65. The largest absolute Gasteiger partial charge is 0.353 e. The van der Waals surface area contributed by atoms with Crippen LogP contribution in [0.3, 0.4) is 0 Å². The van der Waals surface area contributed by atoms with E-state index in [2.05, 4.69) is 36.0 Å². The van der Waals surface area contributed by atoms with E-state index in [-0.39, 0.29) is 6.03 Å². The Balaban J connectivity index is 1.53. The zero-order valence-electron chi connectivity index (χ0n) is 16.7. The van der Waals surface area contributed by atoms with Crippen LogP contribution in [0.25, 0.3) is 0 Å². The second-order valence-electron chi connectivity index (χ2n) is 8.26. The average Bonchev–Trinajstić information content (AvgIpc) is 2.63. The SMILES string of the molecule is Cc1cc(N2CCN(C(=O)NC3CCC(C)CC3)CC2)nc(C(C)C)n1. The Hall–Kier alpha value is -1.85. The number of carbonyl (C=O) groups excluding carboxylic acids is 1. The lowest BCUT2D eigenvalue weighted by Crippen LogP contribution is -2.54.